The fourth-order valence-electron chi connectivity index (χ4n) is 2.35. The lowest BCUT2D eigenvalue weighted by Crippen LogP contribution is -2.47. The van der Waals surface area contributed by atoms with Gasteiger partial charge >= 0.3 is 0 Å². The van der Waals surface area contributed by atoms with E-state index in [4.69, 9.17) is 9.47 Å². The highest BCUT2D eigenvalue weighted by atomic mass is 35.5. The molecule has 1 unspecified atom stereocenters. The summed E-state index contributed by atoms with van der Waals surface area (Å²) >= 11 is 0. The van der Waals surface area contributed by atoms with Crippen LogP contribution in [-0.4, -0.2) is 31.7 Å². The Bertz CT molecular complexity index is 674. The van der Waals surface area contributed by atoms with Crippen LogP contribution in [0.5, 0.6) is 11.5 Å². The molecule has 1 aliphatic heterocycles. The molecule has 0 aliphatic carbocycles. The molecule has 1 saturated heterocycles. The van der Waals surface area contributed by atoms with Gasteiger partial charge in [-0.2, -0.15) is 0 Å². The van der Waals surface area contributed by atoms with Crippen LogP contribution >= 0.6 is 12.4 Å². The highest BCUT2D eigenvalue weighted by Crippen LogP contribution is 2.21. The van der Waals surface area contributed by atoms with Gasteiger partial charge in [-0.25, -0.2) is 4.39 Å². The summed E-state index contributed by atoms with van der Waals surface area (Å²) in [6.45, 7) is 2.29. The van der Waals surface area contributed by atoms with Crippen molar-refractivity contribution in [2.45, 2.75) is 12.6 Å². The van der Waals surface area contributed by atoms with Crippen LogP contribution in [0.4, 0.5) is 4.39 Å². The summed E-state index contributed by atoms with van der Waals surface area (Å²) in [5, 5.41) is 5.98. The summed E-state index contributed by atoms with van der Waals surface area (Å²) in [4.78, 5) is 12.0. The molecule has 1 atom stereocenters. The molecule has 0 saturated carbocycles. The average Bonchev–Trinajstić information content (AvgIpc) is 2.63. The largest absolute Gasteiger partial charge is 0.457 e. The van der Waals surface area contributed by atoms with E-state index in [1.165, 1.54) is 12.1 Å². The molecule has 3 rings (SSSR count). The number of carbonyl (C=O) groups excluding carboxylic acids is 1. The predicted octanol–water partition coefficient (Wildman–Crippen LogP) is 2.64. The number of halogens is 2. The van der Waals surface area contributed by atoms with Gasteiger partial charge in [-0.3, -0.25) is 4.79 Å². The fourth-order valence-corrected chi connectivity index (χ4v) is 2.35. The zero-order valence-corrected chi connectivity index (χ0v) is 14.4. The number of benzene rings is 2. The Morgan fingerprint density at radius 2 is 1.80 bits per heavy atom. The maximum absolute atomic E-state index is 12.9. The zero-order chi connectivity index (χ0) is 16.8. The van der Waals surface area contributed by atoms with E-state index in [0.29, 0.717) is 31.2 Å². The molecule has 0 bridgehead atoms. The Kier molecular flexibility index (Phi) is 7.18. The molecule has 134 valence electrons. The van der Waals surface area contributed by atoms with Gasteiger partial charge in [-0.05, 0) is 42.0 Å². The first-order valence-electron chi connectivity index (χ1n) is 7.83. The number of carbonyl (C=O) groups is 1. The van der Waals surface area contributed by atoms with Crippen molar-refractivity contribution < 1.29 is 18.7 Å². The van der Waals surface area contributed by atoms with E-state index < -0.39 is 6.10 Å². The topological polar surface area (TPSA) is 59.6 Å². The van der Waals surface area contributed by atoms with Crippen molar-refractivity contribution in [2.24, 2.45) is 0 Å². The lowest BCUT2D eigenvalue weighted by molar-refractivity contribution is -0.134. The number of rotatable bonds is 5. The van der Waals surface area contributed by atoms with Crippen LogP contribution in [0.25, 0.3) is 0 Å². The molecule has 0 aromatic heterocycles. The summed E-state index contributed by atoms with van der Waals surface area (Å²) in [5.74, 6) is 0.801. The van der Waals surface area contributed by atoms with E-state index >= 15 is 0 Å². The van der Waals surface area contributed by atoms with Crippen LogP contribution in [0.3, 0.4) is 0 Å². The van der Waals surface area contributed by atoms with Crippen LogP contribution in [0, 0.1) is 5.82 Å². The monoisotopic (exact) mass is 366 g/mol. The second kappa shape index (κ2) is 9.36. The van der Waals surface area contributed by atoms with Gasteiger partial charge in [0.2, 0.25) is 0 Å². The first-order chi connectivity index (χ1) is 11.7. The minimum Gasteiger partial charge on any atom is -0.457 e. The Labute approximate surface area is 151 Å². The van der Waals surface area contributed by atoms with E-state index in [-0.39, 0.29) is 24.1 Å². The minimum absolute atomic E-state index is 0. The summed E-state index contributed by atoms with van der Waals surface area (Å²) in [6.07, 6.45) is -0.431. The summed E-state index contributed by atoms with van der Waals surface area (Å²) in [6, 6.07) is 13.2. The molecule has 25 heavy (non-hydrogen) atoms. The predicted molar refractivity (Wildman–Crippen MR) is 94.6 cm³/mol. The zero-order valence-electron chi connectivity index (χ0n) is 13.5. The molecule has 2 aromatic rings. The smallest absolute Gasteiger partial charge is 0.250 e. The summed E-state index contributed by atoms with van der Waals surface area (Å²) in [7, 11) is 0. The standard InChI is InChI=1S/C18H19FN2O3.ClH/c19-14-3-7-16(8-4-14)24-15-5-1-13(2-6-15)11-21-18(22)17-12-20-9-10-23-17;/h1-8,17,20H,9-12H2,(H,21,22);1H. The Hall–Kier alpha value is -2.15. The van der Waals surface area contributed by atoms with Gasteiger partial charge < -0.3 is 20.1 Å². The van der Waals surface area contributed by atoms with Crippen LogP contribution in [0.15, 0.2) is 48.5 Å². The highest BCUT2D eigenvalue weighted by Gasteiger charge is 2.21. The van der Waals surface area contributed by atoms with Crippen molar-refractivity contribution in [1.29, 1.82) is 0 Å². The van der Waals surface area contributed by atoms with Crippen LogP contribution in [0.1, 0.15) is 5.56 Å². The van der Waals surface area contributed by atoms with Crippen LogP contribution in [0.2, 0.25) is 0 Å². The Morgan fingerprint density at radius 1 is 1.16 bits per heavy atom. The second-order valence-electron chi connectivity index (χ2n) is 5.48. The molecule has 2 N–H and O–H groups in total. The molecular weight excluding hydrogens is 347 g/mol. The molecule has 1 heterocycles. The quantitative estimate of drug-likeness (QED) is 0.854. The van der Waals surface area contributed by atoms with Crippen LogP contribution < -0.4 is 15.4 Å². The number of ether oxygens (including phenoxy) is 2. The first-order valence-corrected chi connectivity index (χ1v) is 7.83. The average molecular weight is 367 g/mol. The molecular formula is C18H20ClFN2O3. The third kappa shape index (κ3) is 5.70. The lowest BCUT2D eigenvalue weighted by atomic mass is 10.2. The van der Waals surface area contributed by atoms with Crippen molar-refractivity contribution in [3.05, 3.63) is 59.9 Å². The van der Waals surface area contributed by atoms with Crippen molar-refractivity contribution in [3.8, 4) is 11.5 Å². The first kappa shape index (κ1) is 19.2. The SMILES string of the molecule is Cl.O=C(NCc1ccc(Oc2ccc(F)cc2)cc1)C1CNCCO1. The molecule has 1 aliphatic rings. The van der Waals surface area contributed by atoms with E-state index in [1.54, 1.807) is 12.1 Å². The molecule has 5 nitrogen and oxygen atoms in total. The van der Waals surface area contributed by atoms with Crippen molar-refractivity contribution in [3.63, 3.8) is 0 Å². The third-order valence-electron chi connectivity index (χ3n) is 3.66. The Morgan fingerprint density at radius 3 is 2.40 bits per heavy atom. The van der Waals surface area contributed by atoms with Gasteiger partial charge in [0.1, 0.15) is 23.4 Å². The van der Waals surface area contributed by atoms with Gasteiger partial charge in [-0.15, -0.1) is 12.4 Å². The minimum atomic E-state index is -0.431. The van der Waals surface area contributed by atoms with Gasteiger partial charge in [0.05, 0.1) is 6.61 Å². The molecule has 0 radical (unpaired) electrons. The number of morpholine rings is 1. The maximum atomic E-state index is 12.9. The molecule has 2 aromatic carbocycles. The second-order valence-corrected chi connectivity index (χ2v) is 5.48. The lowest BCUT2D eigenvalue weighted by Gasteiger charge is -2.22. The fraction of sp³-hybridized carbons (Fsp3) is 0.278. The van der Waals surface area contributed by atoms with Gasteiger partial charge in [0.25, 0.3) is 5.91 Å². The molecule has 1 amide bonds. The van der Waals surface area contributed by atoms with Gasteiger partial charge in [0, 0.05) is 19.6 Å². The molecule has 1 fully saturated rings. The van der Waals surface area contributed by atoms with Crippen LogP contribution in [-0.2, 0) is 16.1 Å². The highest BCUT2D eigenvalue weighted by molar-refractivity contribution is 5.85. The third-order valence-corrected chi connectivity index (χ3v) is 3.66. The maximum Gasteiger partial charge on any atom is 0.250 e. The number of amides is 1. The van der Waals surface area contributed by atoms with Crippen molar-refractivity contribution in [2.75, 3.05) is 19.7 Å². The van der Waals surface area contributed by atoms with Crippen molar-refractivity contribution >= 4 is 18.3 Å². The Balaban J connectivity index is 0.00000225. The normalized spacial score (nSPS) is 16.6. The van der Waals surface area contributed by atoms with Gasteiger partial charge in [-0.1, -0.05) is 12.1 Å². The number of hydrogen-bond donors (Lipinski definition) is 2. The van der Waals surface area contributed by atoms with E-state index in [9.17, 15) is 9.18 Å². The van der Waals surface area contributed by atoms with E-state index in [0.717, 1.165) is 12.1 Å². The van der Waals surface area contributed by atoms with Crippen molar-refractivity contribution in [1.82, 2.24) is 10.6 Å². The van der Waals surface area contributed by atoms with E-state index in [1.807, 2.05) is 24.3 Å². The number of hydrogen-bond acceptors (Lipinski definition) is 4. The number of nitrogens with one attached hydrogen (secondary N) is 2. The summed E-state index contributed by atoms with van der Waals surface area (Å²) < 4.78 is 23.9. The molecule has 7 heteroatoms. The van der Waals surface area contributed by atoms with Gasteiger partial charge in [0.15, 0.2) is 0 Å². The summed E-state index contributed by atoms with van der Waals surface area (Å²) in [5.41, 5.74) is 0.957. The molecule has 0 spiro atoms. The van der Waals surface area contributed by atoms with E-state index in [2.05, 4.69) is 10.6 Å².